The summed E-state index contributed by atoms with van der Waals surface area (Å²) in [4.78, 5) is 43.9. The highest BCUT2D eigenvalue weighted by Gasteiger charge is 2.29. The van der Waals surface area contributed by atoms with Crippen LogP contribution in [0.5, 0.6) is 0 Å². The third-order valence-electron chi connectivity index (χ3n) is 19.2. The van der Waals surface area contributed by atoms with Gasteiger partial charge in [0.1, 0.15) is 22.8 Å². The summed E-state index contributed by atoms with van der Waals surface area (Å²) in [5.41, 5.74) is 10.6. The van der Waals surface area contributed by atoms with E-state index in [4.69, 9.17) is 13.8 Å². The number of fused-ring (bicyclic) bond motifs is 7. The molecule has 13 heterocycles. The van der Waals surface area contributed by atoms with Crippen molar-refractivity contribution >= 4 is 50.0 Å². The van der Waals surface area contributed by atoms with E-state index in [1.165, 1.54) is 62.7 Å². The maximum Gasteiger partial charge on any atom is 0.306 e. The molecule has 0 spiro atoms. The number of imidazole rings is 3. The number of aryl methyl sites for hydroxylation is 2. The standard InChI is InChI=1S/C13H21NO.C12H21N3.2C11H16N4.C11H16N2O.C11H16N2S.C11H18N2S.21C2H6/c1-8(2)10-5-6-11-12(7-10)15-13(14-11)9(3)4;1-8(2)10-5-6-15-11(7-10)13-12(14-15)9(3)4;1-7(2)9-5-12-11-13-10(8(3)4)6-15(11)14-9;1-7(2)9-5-12-11-13-10(8(3)4)14-15(11)6-9;2*1-7(2)9-5-13-10(8(3)4)6-14-11(13)12-9;1-7(2)10-12-9-5-6-13(8(3)4)11(9)14-10;21*1-2/h2*8-10H,5-7H2,1-4H3;2*5-8H,1-4H3;2*5-8H,1-4H3;7-8H,5-6H2,1-4H3;21*1-2H3. The van der Waals surface area contributed by atoms with Gasteiger partial charge in [-0.15, -0.1) is 27.8 Å². The minimum atomic E-state index is 0.342. The molecule has 0 radical (unpaired) electrons. The Balaban J connectivity index is -0.000000107. The van der Waals surface area contributed by atoms with E-state index in [1.807, 2.05) is 325 Å². The van der Waals surface area contributed by atoms with Crippen LogP contribution in [0.15, 0.2) is 57.7 Å². The fourth-order valence-electron chi connectivity index (χ4n) is 11.9. The van der Waals surface area contributed by atoms with Crippen LogP contribution in [-0.4, -0.2) is 95.3 Å². The highest BCUT2D eigenvalue weighted by molar-refractivity contribution is 7.16. The molecule has 0 N–H and O–H groups in total. The lowest BCUT2D eigenvalue weighted by molar-refractivity contribution is 0.287. The third kappa shape index (κ3) is 62.9. The SMILES string of the molecule is CC.CC.CC.CC.CC.CC.CC.CC.CC.CC.CC.CC.CC.CC.CC.CC.CC.CC.CC.CC.CC.CC(C)c1cn2c(C(C)C)coc2n1.CC(C)c1cn2c(C(C)C)csc2n1.CC(C)c1cn2nc(C(C)C)cnc2n1.CC(C)c1cnc2nc(C(C)C)nn2c1.CC(C)c1nc2c(o1)CC(C(C)C)CC2.CC(C)c1nc2c(s1)N(C(C)C)CC2.CC(C)c1nc2n(n1)CCC(C(C)C)C2. The first-order valence-corrected chi connectivity index (χ1v) is 60.8. The molecule has 11 aromatic rings. The van der Waals surface area contributed by atoms with Crippen LogP contribution in [0, 0.1) is 23.7 Å². The molecule has 11 aromatic heterocycles. The van der Waals surface area contributed by atoms with Crippen molar-refractivity contribution in [2.24, 2.45) is 23.7 Å². The van der Waals surface area contributed by atoms with E-state index in [0.717, 1.165) is 108 Å². The molecule has 0 aromatic carbocycles. The van der Waals surface area contributed by atoms with Crippen molar-refractivity contribution in [3.8, 4) is 0 Å². The van der Waals surface area contributed by atoms with Gasteiger partial charge in [-0.25, -0.2) is 48.6 Å². The van der Waals surface area contributed by atoms with Crippen LogP contribution in [0.3, 0.4) is 0 Å². The van der Waals surface area contributed by atoms with Crippen molar-refractivity contribution in [2.75, 3.05) is 11.4 Å². The molecule has 1 aliphatic carbocycles. The fourth-order valence-corrected chi connectivity index (χ4v) is 14.3. The van der Waals surface area contributed by atoms with Gasteiger partial charge in [0.15, 0.2) is 22.5 Å². The molecule has 0 saturated carbocycles. The molecular formula is C122H250N18O2S2. The van der Waals surface area contributed by atoms with E-state index in [0.29, 0.717) is 88.5 Å². The molecular weight excluding hydrogens is 1810 g/mol. The predicted octanol–water partition coefficient (Wildman–Crippen LogP) is 42.3. The Morgan fingerprint density at radius 2 is 0.750 bits per heavy atom. The molecule has 2 unspecified atom stereocenters. The first kappa shape index (κ1) is 167. The van der Waals surface area contributed by atoms with Crippen LogP contribution < -0.4 is 4.90 Å². The van der Waals surface area contributed by atoms with E-state index in [-0.39, 0.29) is 0 Å². The largest absolute Gasteiger partial charge is 0.445 e. The molecule has 144 heavy (non-hydrogen) atoms. The molecule has 0 fully saturated rings. The Hall–Kier alpha value is -7.20. The first-order chi connectivity index (χ1) is 69.1. The zero-order valence-corrected chi connectivity index (χ0v) is 111. The van der Waals surface area contributed by atoms with Crippen molar-refractivity contribution in [1.29, 1.82) is 0 Å². The molecule has 14 rings (SSSR count). The third-order valence-corrected chi connectivity index (χ3v) is 21.5. The van der Waals surface area contributed by atoms with Gasteiger partial charge in [-0.2, -0.15) is 20.2 Å². The van der Waals surface area contributed by atoms with Gasteiger partial charge in [0.25, 0.3) is 11.6 Å². The van der Waals surface area contributed by atoms with Gasteiger partial charge in [0, 0.05) is 97.9 Å². The lowest BCUT2D eigenvalue weighted by Crippen LogP contribution is -2.27. The van der Waals surface area contributed by atoms with Crippen LogP contribution in [0.4, 0.5) is 5.00 Å². The Bertz CT molecular complexity index is 4130. The summed E-state index contributed by atoms with van der Waals surface area (Å²) in [6.07, 6.45) is 20.6. The summed E-state index contributed by atoms with van der Waals surface area (Å²) in [7, 11) is 0. The fraction of sp³-hybridized carbons (Fsp3) is 0.770. The number of rotatable bonds is 14. The maximum absolute atomic E-state index is 5.84. The van der Waals surface area contributed by atoms with Crippen molar-refractivity contribution in [3.05, 3.63) is 134 Å². The minimum Gasteiger partial charge on any atom is -0.445 e. The van der Waals surface area contributed by atoms with Crippen LogP contribution in [0.1, 0.15) is 648 Å². The molecule has 852 valence electrons. The number of nitrogens with zero attached hydrogens (tertiary/aromatic N) is 18. The number of thiazole rings is 2. The van der Waals surface area contributed by atoms with Crippen LogP contribution >= 0.6 is 22.7 Å². The molecule has 2 atom stereocenters. The summed E-state index contributed by atoms with van der Waals surface area (Å²) in [5.74, 6) is 15.3. The summed E-state index contributed by atoms with van der Waals surface area (Å²) >= 11 is 3.61. The molecule has 0 amide bonds. The normalized spacial score (nSPS) is 11.6. The summed E-state index contributed by atoms with van der Waals surface area (Å²) in [6, 6.07) is 0.608. The number of aromatic nitrogens is 17. The van der Waals surface area contributed by atoms with E-state index < -0.39 is 0 Å². The summed E-state index contributed by atoms with van der Waals surface area (Å²) < 4.78 is 21.1. The maximum atomic E-state index is 5.84. The van der Waals surface area contributed by atoms with Gasteiger partial charge in [0.2, 0.25) is 0 Å². The molecule has 2 aliphatic heterocycles. The van der Waals surface area contributed by atoms with Crippen LogP contribution in [0.2, 0.25) is 0 Å². The molecule has 0 bridgehead atoms. The average molecular weight is 2070 g/mol. The number of hydrogen-bond acceptors (Lipinski definition) is 17. The summed E-state index contributed by atoms with van der Waals surface area (Å²) in [5, 5.41) is 18.3. The molecule has 3 aliphatic rings. The van der Waals surface area contributed by atoms with E-state index in [2.05, 4.69) is 281 Å². The Labute approximate surface area is 905 Å². The molecule has 0 saturated heterocycles. The number of oxazole rings is 2. The second-order valence-electron chi connectivity index (χ2n) is 32.5. The first-order valence-electron chi connectivity index (χ1n) is 59.1. The van der Waals surface area contributed by atoms with Gasteiger partial charge in [-0.1, -0.05) is 471 Å². The Kier molecular flexibility index (Phi) is 126. The monoisotopic (exact) mass is 2060 g/mol. The lowest BCUT2D eigenvalue weighted by atomic mass is 9.83. The van der Waals surface area contributed by atoms with E-state index in [1.54, 1.807) is 32.8 Å². The van der Waals surface area contributed by atoms with Gasteiger partial charge in [0.05, 0.1) is 57.3 Å². The van der Waals surface area contributed by atoms with Crippen molar-refractivity contribution in [2.45, 2.75) is 601 Å². The van der Waals surface area contributed by atoms with Gasteiger partial charge in [-0.3, -0.25) is 8.80 Å². The number of hydrogen-bond donors (Lipinski definition) is 0. The van der Waals surface area contributed by atoms with Gasteiger partial charge in [-0.05, 0) is 104 Å². The average Bonchev–Trinajstić information content (AvgIpc) is 1.64. The van der Waals surface area contributed by atoms with E-state index in [9.17, 15) is 0 Å². The minimum absolute atomic E-state index is 0.342. The Morgan fingerprint density at radius 1 is 0.333 bits per heavy atom. The molecule has 22 heteroatoms. The van der Waals surface area contributed by atoms with Crippen molar-refractivity contribution in [3.63, 3.8) is 0 Å². The topological polar surface area (TPSA) is 207 Å². The zero-order valence-electron chi connectivity index (χ0n) is 109. The van der Waals surface area contributed by atoms with Gasteiger partial charge >= 0.3 is 5.84 Å². The highest BCUT2D eigenvalue weighted by atomic mass is 32.1. The summed E-state index contributed by atoms with van der Waals surface area (Å²) in [6.45, 7) is 147. The number of anilines is 1. The van der Waals surface area contributed by atoms with Crippen molar-refractivity contribution < 1.29 is 8.83 Å². The van der Waals surface area contributed by atoms with Crippen molar-refractivity contribution in [1.82, 2.24) is 82.7 Å². The van der Waals surface area contributed by atoms with E-state index >= 15 is 0 Å². The quantitative estimate of drug-likeness (QED) is 0.0992. The zero-order chi connectivity index (χ0) is 117. The Morgan fingerprint density at radius 3 is 1.17 bits per heavy atom. The van der Waals surface area contributed by atoms with Crippen LogP contribution in [0.25, 0.3) is 22.4 Å². The second-order valence-corrected chi connectivity index (χ2v) is 34.3. The van der Waals surface area contributed by atoms with Crippen LogP contribution in [-0.2, 0) is 32.2 Å². The van der Waals surface area contributed by atoms with Gasteiger partial charge < -0.3 is 13.7 Å². The smallest absolute Gasteiger partial charge is 0.306 e. The lowest BCUT2D eigenvalue weighted by Gasteiger charge is -2.24. The predicted molar refractivity (Wildman–Crippen MR) is 657 cm³/mol. The second kappa shape index (κ2) is 109. The highest BCUT2D eigenvalue weighted by Crippen LogP contribution is 2.39. The molecule has 20 nitrogen and oxygen atoms in total.